The van der Waals surface area contributed by atoms with Gasteiger partial charge in [0.25, 0.3) is 0 Å². The molecule has 2 atom stereocenters. The quantitative estimate of drug-likeness (QED) is 0.788. The lowest BCUT2D eigenvalue weighted by molar-refractivity contribution is 0.170. The van der Waals surface area contributed by atoms with Crippen LogP contribution in [-0.2, 0) is 0 Å². The summed E-state index contributed by atoms with van der Waals surface area (Å²) in [7, 11) is 2.11. The fraction of sp³-hybridized carbons (Fsp3) is 1.00. The molecule has 0 spiro atoms. The summed E-state index contributed by atoms with van der Waals surface area (Å²) in [6, 6.07) is 0. The minimum Gasteiger partial charge on any atom is -0.319 e. The van der Waals surface area contributed by atoms with Crippen molar-refractivity contribution in [2.75, 3.05) is 33.2 Å². The lowest BCUT2D eigenvalue weighted by atomic mass is 9.85. The number of nitrogens with one attached hydrogen (secondary N) is 1. The topological polar surface area (TPSA) is 15.3 Å². The van der Waals surface area contributed by atoms with Gasteiger partial charge in [0.2, 0.25) is 0 Å². The van der Waals surface area contributed by atoms with Crippen LogP contribution in [0.3, 0.4) is 0 Å². The minimum absolute atomic E-state index is 0.596. The Hall–Kier alpha value is -0.0800. The Kier molecular flexibility index (Phi) is 3.91. The van der Waals surface area contributed by atoms with Crippen LogP contribution in [-0.4, -0.2) is 38.1 Å². The Morgan fingerprint density at radius 3 is 2.19 bits per heavy atom. The fourth-order valence-corrected chi connectivity index (χ4v) is 3.74. The summed E-state index contributed by atoms with van der Waals surface area (Å²) in [5.41, 5.74) is 0.596. The highest BCUT2D eigenvalue weighted by Crippen LogP contribution is 2.39. The zero-order chi connectivity index (χ0) is 11.6. The third-order valence-electron chi connectivity index (χ3n) is 4.84. The number of likely N-dealkylation sites (tertiary alicyclic amines) is 1. The molecule has 2 rings (SSSR count). The summed E-state index contributed by atoms with van der Waals surface area (Å²) in [6.45, 7) is 10.0. The highest BCUT2D eigenvalue weighted by molar-refractivity contribution is 4.91. The molecule has 0 aromatic heterocycles. The SMILES string of the molecule is CNCC1(CN2CC(C)C(C)C2)CCCC1. The second-order valence-electron chi connectivity index (χ2n) is 6.39. The molecule has 0 bridgehead atoms. The van der Waals surface area contributed by atoms with E-state index in [9.17, 15) is 0 Å². The Morgan fingerprint density at radius 1 is 1.12 bits per heavy atom. The first-order valence-corrected chi connectivity index (χ1v) is 7.02. The first-order valence-electron chi connectivity index (χ1n) is 7.02. The summed E-state index contributed by atoms with van der Waals surface area (Å²) >= 11 is 0. The van der Waals surface area contributed by atoms with E-state index in [2.05, 4.69) is 31.1 Å². The van der Waals surface area contributed by atoms with Crippen molar-refractivity contribution in [2.45, 2.75) is 39.5 Å². The van der Waals surface area contributed by atoms with Gasteiger partial charge in [0, 0.05) is 26.2 Å². The van der Waals surface area contributed by atoms with E-state index in [0.717, 1.165) is 11.8 Å². The molecule has 2 heteroatoms. The van der Waals surface area contributed by atoms with E-state index < -0.39 is 0 Å². The number of hydrogen-bond donors (Lipinski definition) is 1. The monoisotopic (exact) mass is 224 g/mol. The summed E-state index contributed by atoms with van der Waals surface area (Å²) in [5, 5.41) is 3.42. The number of hydrogen-bond acceptors (Lipinski definition) is 2. The summed E-state index contributed by atoms with van der Waals surface area (Å²) in [6.07, 6.45) is 5.77. The molecule has 1 saturated carbocycles. The molecular weight excluding hydrogens is 196 g/mol. The lowest BCUT2D eigenvalue weighted by Crippen LogP contribution is -2.41. The van der Waals surface area contributed by atoms with Gasteiger partial charge in [0.05, 0.1) is 0 Å². The molecule has 16 heavy (non-hydrogen) atoms. The van der Waals surface area contributed by atoms with Gasteiger partial charge in [-0.25, -0.2) is 0 Å². The van der Waals surface area contributed by atoms with E-state index in [0.29, 0.717) is 5.41 Å². The second-order valence-corrected chi connectivity index (χ2v) is 6.39. The van der Waals surface area contributed by atoms with Gasteiger partial charge in [-0.1, -0.05) is 26.7 Å². The van der Waals surface area contributed by atoms with Crippen molar-refractivity contribution in [3.8, 4) is 0 Å². The lowest BCUT2D eigenvalue weighted by Gasteiger charge is -2.33. The van der Waals surface area contributed by atoms with Crippen LogP contribution in [0.1, 0.15) is 39.5 Å². The Labute approximate surface area is 101 Å². The van der Waals surface area contributed by atoms with Crippen molar-refractivity contribution in [3.05, 3.63) is 0 Å². The maximum atomic E-state index is 3.42. The van der Waals surface area contributed by atoms with Gasteiger partial charge in [0.1, 0.15) is 0 Å². The van der Waals surface area contributed by atoms with E-state index >= 15 is 0 Å². The molecule has 2 fully saturated rings. The molecule has 0 radical (unpaired) electrons. The van der Waals surface area contributed by atoms with Gasteiger partial charge in [0.15, 0.2) is 0 Å². The van der Waals surface area contributed by atoms with Crippen LogP contribution >= 0.6 is 0 Å². The first-order chi connectivity index (χ1) is 7.65. The van der Waals surface area contributed by atoms with Crippen LogP contribution in [0, 0.1) is 17.3 Å². The molecule has 2 unspecified atom stereocenters. The van der Waals surface area contributed by atoms with E-state index in [1.807, 2.05) is 0 Å². The highest BCUT2D eigenvalue weighted by Gasteiger charge is 2.37. The largest absolute Gasteiger partial charge is 0.319 e. The van der Waals surface area contributed by atoms with Gasteiger partial charge in [-0.05, 0) is 37.1 Å². The van der Waals surface area contributed by atoms with Gasteiger partial charge in [-0.2, -0.15) is 0 Å². The fourth-order valence-electron chi connectivity index (χ4n) is 3.74. The average Bonchev–Trinajstić information content (AvgIpc) is 2.77. The summed E-state index contributed by atoms with van der Waals surface area (Å²) in [4.78, 5) is 2.72. The molecule has 2 nitrogen and oxygen atoms in total. The van der Waals surface area contributed by atoms with E-state index in [1.54, 1.807) is 0 Å². The van der Waals surface area contributed by atoms with E-state index in [1.165, 1.54) is 51.9 Å². The van der Waals surface area contributed by atoms with Crippen molar-refractivity contribution in [1.29, 1.82) is 0 Å². The van der Waals surface area contributed by atoms with Crippen LogP contribution in [0.2, 0.25) is 0 Å². The summed E-state index contributed by atoms with van der Waals surface area (Å²) < 4.78 is 0. The van der Waals surface area contributed by atoms with Gasteiger partial charge in [-0.3, -0.25) is 0 Å². The molecule has 2 aliphatic rings. The minimum atomic E-state index is 0.596. The van der Waals surface area contributed by atoms with Gasteiger partial charge < -0.3 is 10.2 Å². The van der Waals surface area contributed by atoms with Crippen LogP contribution in [0.5, 0.6) is 0 Å². The first kappa shape index (κ1) is 12.4. The maximum absolute atomic E-state index is 3.42. The molecule has 0 aromatic rings. The van der Waals surface area contributed by atoms with Crippen LogP contribution < -0.4 is 5.32 Å². The second kappa shape index (κ2) is 5.05. The molecule has 1 heterocycles. The van der Waals surface area contributed by atoms with Crippen molar-refractivity contribution < 1.29 is 0 Å². The smallest absolute Gasteiger partial charge is 0.00504 e. The van der Waals surface area contributed by atoms with Gasteiger partial charge in [-0.15, -0.1) is 0 Å². The van der Waals surface area contributed by atoms with Crippen molar-refractivity contribution in [1.82, 2.24) is 10.2 Å². The molecule has 0 aromatic carbocycles. The molecular formula is C14H28N2. The van der Waals surface area contributed by atoms with Crippen molar-refractivity contribution in [2.24, 2.45) is 17.3 Å². The van der Waals surface area contributed by atoms with Crippen molar-refractivity contribution >= 4 is 0 Å². The Bertz CT molecular complexity index is 211. The van der Waals surface area contributed by atoms with Crippen LogP contribution in [0.15, 0.2) is 0 Å². The van der Waals surface area contributed by atoms with Crippen molar-refractivity contribution in [3.63, 3.8) is 0 Å². The maximum Gasteiger partial charge on any atom is 0.00504 e. The molecule has 0 amide bonds. The number of nitrogens with zero attached hydrogens (tertiary/aromatic N) is 1. The third kappa shape index (κ3) is 2.60. The van der Waals surface area contributed by atoms with Gasteiger partial charge >= 0.3 is 0 Å². The standard InChI is InChI=1S/C14H28N2/c1-12-8-16(9-13(12)2)11-14(10-15-3)6-4-5-7-14/h12-13,15H,4-11H2,1-3H3. The van der Waals surface area contributed by atoms with E-state index in [4.69, 9.17) is 0 Å². The Morgan fingerprint density at radius 2 is 1.69 bits per heavy atom. The highest BCUT2D eigenvalue weighted by atomic mass is 15.2. The zero-order valence-corrected chi connectivity index (χ0v) is 11.3. The molecule has 1 N–H and O–H groups in total. The molecule has 1 aliphatic carbocycles. The van der Waals surface area contributed by atoms with E-state index in [-0.39, 0.29) is 0 Å². The zero-order valence-electron chi connectivity index (χ0n) is 11.3. The molecule has 1 saturated heterocycles. The van der Waals surface area contributed by atoms with Crippen LogP contribution in [0.25, 0.3) is 0 Å². The predicted octanol–water partition coefficient (Wildman–Crippen LogP) is 2.35. The number of rotatable bonds is 4. The molecule has 94 valence electrons. The predicted molar refractivity (Wildman–Crippen MR) is 69.6 cm³/mol. The average molecular weight is 224 g/mol. The Balaban J connectivity index is 1.91. The third-order valence-corrected chi connectivity index (χ3v) is 4.84. The normalized spacial score (nSPS) is 34.7. The molecule has 1 aliphatic heterocycles. The van der Waals surface area contributed by atoms with Crippen LogP contribution in [0.4, 0.5) is 0 Å². The summed E-state index contributed by atoms with van der Waals surface area (Å²) in [5.74, 6) is 1.79.